The van der Waals surface area contributed by atoms with Gasteiger partial charge in [0.2, 0.25) is 0 Å². The Balaban J connectivity index is 1.27. The van der Waals surface area contributed by atoms with E-state index >= 15 is 0 Å². The molecule has 258 valence electrons. The van der Waals surface area contributed by atoms with E-state index in [4.69, 9.17) is 0 Å². The normalized spacial score (nSPS) is 13.4. The molecule has 0 amide bonds. The fourth-order valence-electron chi connectivity index (χ4n) is 7.53. The lowest BCUT2D eigenvalue weighted by Crippen LogP contribution is -2.10. The predicted molar refractivity (Wildman–Crippen MR) is 218 cm³/mol. The molecule has 5 aromatic carbocycles. The Bertz CT molecular complexity index is 2070. The average molecular weight is 661 g/mol. The van der Waals surface area contributed by atoms with Gasteiger partial charge in [0.15, 0.2) is 0 Å². The molecule has 0 bridgehead atoms. The SMILES string of the molecule is CC(C)(C)c1ccc2c(c1)c1cc(C(C)(C)C)ccc1n2Cc1ccc(Cn2c3ccc(C(C)(C)C)cc3c3cc(C(C)(C)C)ccc32)cc1. The Morgan fingerprint density at radius 1 is 0.320 bits per heavy atom. The van der Waals surface area contributed by atoms with Crippen LogP contribution in [0.3, 0.4) is 0 Å². The zero-order valence-corrected chi connectivity index (χ0v) is 32.5. The van der Waals surface area contributed by atoms with Gasteiger partial charge in [0.1, 0.15) is 0 Å². The average Bonchev–Trinajstić information content (AvgIpc) is 3.51. The molecule has 7 aromatic rings. The highest BCUT2D eigenvalue weighted by Gasteiger charge is 2.22. The number of fused-ring (bicyclic) bond motifs is 6. The summed E-state index contributed by atoms with van der Waals surface area (Å²) in [7, 11) is 0. The molecule has 0 fully saturated rings. The molecule has 0 saturated heterocycles. The quantitative estimate of drug-likeness (QED) is 0.178. The molecule has 2 aromatic heterocycles. The largest absolute Gasteiger partial charge is 0.336 e. The van der Waals surface area contributed by atoms with Gasteiger partial charge in [0.25, 0.3) is 0 Å². The third-order valence-corrected chi connectivity index (χ3v) is 10.9. The van der Waals surface area contributed by atoms with Crippen molar-refractivity contribution in [2.75, 3.05) is 0 Å². The molecule has 0 radical (unpaired) electrons. The topological polar surface area (TPSA) is 9.86 Å². The minimum atomic E-state index is 0.0974. The zero-order valence-electron chi connectivity index (χ0n) is 32.5. The van der Waals surface area contributed by atoms with Crippen molar-refractivity contribution < 1.29 is 0 Å². The van der Waals surface area contributed by atoms with Crippen LogP contribution < -0.4 is 0 Å². The highest BCUT2D eigenvalue weighted by Crippen LogP contribution is 2.38. The maximum Gasteiger partial charge on any atom is 0.0494 e. The second-order valence-corrected chi connectivity index (χ2v) is 18.9. The first-order valence-electron chi connectivity index (χ1n) is 18.5. The van der Waals surface area contributed by atoms with Crippen LogP contribution in [0.4, 0.5) is 0 Å². The van der Waals surface area contributed by atoms with Gasteiger partial charge in [-0.3, -0.25) is 0 Å². The molecule has 0 saturated carbocycles. The summed E-state index contributed by atoms with van der Waals surface area (Å²) >= 11 is 0. The van der Waals surface area contributed by atoms with Crippen LogP contribution in [0, 0.1) is 0 Å². The smallest absolute Gasteiger partial charge is 0.0494 e. The van der Waals surface area contributed by atoms with Gasteiger partial charge in [-0.2, -0.15) is 0 Å². The van der Waals surface area contributed by atoms with Crippen LogP contribution in [0.25, 0.3) is 43.6 Å². The van der Waals surface area contributed by atoms with Gasteiger partial charge in [-0.25, -0.2) is 0 Å². The zero-order chi connectivity index (χ0) is 36.0. The molecule has 0 aliphatic carbocycles. The lowest BCUT2D eigenvalue weighted by atomic mass is 9.85. The van der Waals surface area contributed by atoms with Gasteiger partial charge in [0.05, 0.1) is 0 Å². The Morgan fingerprint density at radius 3 is 0.740 bits per heavy atom. The lowest BCUT2D eigenvalue weighted by Gasteiger charge is -2.19. The van der Waals surface area contributed by atoms with E-state index in [-0.39, 0.29) is 21.7 Å². The third kappa shape index (κ3) is 6.16. The molecular formula is C48H56N2. The van der Waals surface area contributed by atoms with Gasteiger partial charge in [-0.05, 0) is 104 Å². The highest BCUT2D eigenvalue weighted by molar-refractivity contribution is 6.09. The maximum absolute atomic E-state index is 2.52. The van der Waals surface area contributed by atoms with E-state index in [1.165, 1.54) is 77.0 Å². The van der Waals surface area contributed by atoms with E-state index in [2.05, 4.69) is 189 Å². The van der Waals surface area contributed by atoms with E-state index in [0.29, 0.717) is 0 Å². The molecule has 50 heavy (non-hydrogen) atoms. The summed E-state index contributed by atoms with van der Waals surface area (Å²) in [5.74, 6) is 0. The van der Waals surface area contributed by atoms with Crippen LogP contribution in [-0.2, 0) is 34.7 Å². The fraction of sp³-hybridized carbons (Fsp3) is 0.375. The number of rotatable bonds is 4. The highest BCUT2D eigenvalue weighted by atomic mass is 15.0. The second kappa shape index (κ2) is 11.6. The molecule has 0 N–H and O–H groups in total. The molecule has 7 rings (SSSR count). The van der Waals surface area contributed by atoms with Crippen molar-refractivity contribution in [1.82, 2.24) is 9.13 Å². The van der Waals surface area contributed by atoms with Crippen molar-refractivity contribution >= 4 is 43.6 Å². The molecule has 0 aliphatic rings. The van der Waals surface area contributed by atoms with Crippen molar-refractivity contribution in [3.8, 4) is 0 Å². The third-order valence-electron chi connectivity index (χ3n) is 10.9. The first-order valence-corrected chi connectivity index (χ1v) is 18.5. The standard InChI is InChI=1S/C48H56N2/c1-45(2,3)33-17-21-41-37(25-33)38-26-34(46(4,5)6)18-22-42(38)49(41)29-31-13-15-32(16-14-31)30-50-43-23-19-35(47(7,8)9)27-39(43)40-28-36(48(10,11)12)20-24-44(40)50/h13-28H,29-30H2,1-12H3. The molecule has 0 aliphatic heterocycles. The lowest BCUT2D eigenvalue weighted by molar-refractivity contribution is 0.590. The minimum Gasteiger partial charge on any atom is -0.336 e. The number of hydrogen-bond donors (Lipinski definition) is 0. The van der Waals surface area contributed by atoms with E-state index in [1.54, 1.807) is 0 Å². The fourth-order valence-corrected chi connectivity index (χ4v) is 7.53. The van der Waals surface area contributed by atoms with Crippen molar-refractivity contribution in [2.24, 2.45) is 0 Å². The monoisotopic (exact) mass is 660 g/mol. The summed E-state index contributed by atoms with van der Waals surface area (Å²) < 4.78 is 5.04. The summed E-state index contributed by atoms with van der Waals surface area (Å²) in [6.45, 7) is 29.4. The number of hydrogen-bond acceptors (Lipinski definition) is 0. The van der Waals surface area contributed by atoms with Gasteiger partial charge >= 0.3 is 0 Å². The summed E-state index contributed by atoms with van der Waals surface area (Å²) in [5.41, 5.74) is 13.8. The van der Waals surface area contributed by atoms with Crippen molar-refractivity contribution in [3.05, 3.63) is 130 Å². The minimum absolute atomic E-state index is 0.0974. The van der Waals surface area contributed by atoms with Crippen LogP contribution in [0.2, 0.25) is 0 Å². The summed E-state index contributed by atoms with van der Waals surface area (Å²) in [5, 5.41) is 5.41. The number of nitrogens with zero attached hydrogens (tertiary/aromatic N) is 2. The van der Waals surface area contributed by atoms with Gasteiger partial charge in [-0.1, -0.05) is 132 Å². The molecule has 0 spiro atoms. The summed E-state index contributed by atoms with van der Waals surface area (Å²) in [4.78, 5) is 0. The molecule has 2 nitrogen and oxygen atoms in total. The van der Waals surface area contributed by atoms with Crippen molar-refractivity contribution in [2.45, 2.75) is 118 Å². The van der Waals surface area contributed by atoms with Crippen molar-refractivity contribution in [1.29, 1.82) is 0 Å². The predicted octanol–water partition coefficient (Wildman–Crippen LogP) is 13.2. The number of benzene rings is 5. The van der Waals surface area contributed by atoms with Crippen LogP contribution in [-0.4, -0.2) is 9.13 Å². The Kier molecular flexibility index (Phi) is 7.94. The van der Waals surface area contributed by atoms with Gasteiger partial charge < -0.3 is 9.13 Å². The molecule has 2 heteroatoms. The van der Waals surface area contributed by atoms with Gasteiger partial charge in [-0.15, -0.1) is 0 Å². The summed E-state index contributed by atoms with van der Waals surface area (Å²) in [6.07, 6.45) is 0. The van der Waals surface area contributed by atoms with Crippen LogP contribution in [0.15, 0.2) is 97.1 Å². The van der Waals surface area contributed by atoms with Crippen molar-refractivity contribution in [3.63, 3.8) is 0 Å². The second-order valence-electron chi connectivity index (χ2n) is 18.9. The Labute approximate surface area is 300 Å². The van der Waals surface area contributed by atoms with E-state index in [1.807, 2.05) is 0 Å². The Morgan fingerprint density at radius 2 is 0.540 bits per heavy atom. The van der Waals surface area contributed by atoms with E-state index < -0.39 is 0 Å². The number of aromatic nitrogens is 2. The van der Waals surface area contributed by atoms with Gasteiger partial charge in [0, 0.05) is 56.7 Å². The Hall–Kier alpha value is -4.30. The van der Waals surface area contributed by atoms with Crippen LogP contribution in [0.1, 0.15) is 116 Å². The molecular weight excluding hydrogens is 605 g/mol. The van der Waals surface area contributed by atoms with E-state index in [0.717, 1.165) is 13.1 Å². The summed E-state index contributed by atoms with van der Waals surface area (Å²) in [6, 6.07) is 37.8. The first-order chi connectivity index (χ1) is 23.3. The maximum atomic E-state index is 2.52. The van der Waals surface area contributed by atoms with Crippen LogP contribution >= 0.6 is 0 Å². The van der Waals surface area contributed by atoms with E-state index in [9.17, 15) is 0 Å². The molecule has 0 unspecified atom stereocenters. The molecule has 2 heterocycles. The first kappa shape index (κ1) is 34.2. The molecule has 0 atom stereocenters. The van der Waals surface area contributed by atoms with Crippen LogP contribution in [0.5, 0.6) is 0 Å².